The van der Waals surface area contributed by atoms with Crippen molar-refractivity contribution < 1.29 is 9.53 Å². The first-order valence-electron chi connectivity index (χ1n) is 8.62. The Hall–Kier alpha value is -0.650. The van der Waals surface area contributed by atoms with Gasteiger partial charge in [0.1, 0.15) is 0 Å². The van der Waals surface area contributed by atoms with Crippen LogP contribution in [-0.2, 0) is 9.53 Å². The molecule has 2 N–H and O–H groups in total. The van der Waals surface area contributed by atoms with Crippen molar-refractivity contribution in [2.45, 2.75) is 38.1 Å². The number of hydrogen-bond acceptors (Lipinski definition) is 4. The third-order valence-corrected chi connectivity index (χ3v) is 5.09. The summed E-state index contributed by atoms with van der Waals surface area (Å²) < 4.78 is 5.47. The number of amides is 1. The van der Waals surface area contributed by atoms with E-state index in [9.17, 15) is 4.79 Å². The molecule has 5 heteroatoms. The minimum atomic E-state index is 0.0559. The molecule has 120 valence electrons. The molecule has 3 aliphatic heterocycles. The molecule has 3 rings (SSSR count). The second kappa shape index (κ2) is 7.56. The van der Waals surface area contributed by atoms with Crippen LogP contribution in [0.15, 0.2) is 0 Å². The zero-order valence-electron chi connectivity index (χ0n) is 13.0. The number of hydrogen-bond donors (Lipinski definition) is 2. The molecule has 0 aromatic heterocycles. The first-order valence-corrected chi connectivity index (χ1v) is 8.62. The van der Waals surface area contributed by atoms with E-state index in [0.717, 1.165) is 51.6 Å². The molecule has 0 radical (unpaired) electrons. The number of ether oxygens (including phenoxy) is 1. The van der Waals surface area contributed by atoms with Gasteiger partial charge in [0.25, 0.3) is 0 Å². The number of piperidine rings is 1. The predicted molar refractivity (Wildman–Crippen MR) is 82.1 cm³/mol. The average Bonchev–Trinajstić information content (AvgIpc) is 3.18. The largest absolute Gasteiger partial charge is 0.381 e. The van der Waals surface area contributed by atoms with Crippen molar-refractivity contribution in [1.82, 2.24) is 15.5 Å². The Labute approximate surface area is 127 Å². The number of carbonyl (C=O) groups is 1. The Kier molecular flexibility index (Phi) is 5.49. The maximum Gasteiger partial charge on any atom is 0.237 e. The Morgan fingerprint density at radius 3 is 2.95 bits per heavy atom. The van der Waals surface area contributed by atoms with E-state index in [-0.39, 0.29) is 11.9 Å². The molecule has 0 aromatic rings. The van der Waals surface area contributed by atoms with Crippen LogP contribution in [0.3, 0.4) is 0 Å². The molecule has 0 bridgehead atoms. The van der Waals surface area contributed by atoms with Crippen LogP contribution in [0.2, 0.25) is 0 Å². The highest BCUT2D eigenvalue weighted by Crippen LogP contribution is 2.20. The summed E-state index contributed by atoms with van der Waals surface area (Å²) in [5.41, 5.74) is 0. The van der Waals surface area contributed by atoms with E-state index in [4.69, 9.17) is 4.74 Å². The van der Waals surface area contributed by atoms with E-state index in [0.29, 0.717) is 5.92 Å². The average molecular weight is 295 g/mol. The summed E-state index contributed by atoms with van der Waals surface area (Å²) in [5, 5.41) is 6.42. The van der Waals surface area contributed by atoms with Crippen molar-refractivity contribution in [2.24, 2.45) is 11.8 Å². The van der Waals surface area contributed by atoms with Crippen LogP contribution in [0.4, 0.5) is 0 Å². The van der Waals surface area contributed by atoms with Gasteiger partial charge in [-0.25, -0.2) is 0 Å². The Balaban J connectivity index is 1.37. The maximum atomic E-state index is 12.0. The molecule has 3 fully saturated rings. The van der Waals surface area contributed by atoms with E-state index in [1.165, 1.54) is 32.4 Å². The van der Waals surface area contributed by atoms with Crippen LogP contribution in [0.25, 0.3) is 0 Å². The highest BCUT2D eigenvalue weighted by atomic mass is 16.5. The number of carbonyl (C=O) groups excluding carboxylic acids is 1. The van der Waals surface area contributed by atoms with Crippen molar-refractivity contribution in [2.75, 3.05) is 45.9 Å². The van der Waals surface area contributed by atoms with Crippen molar-refractivity contribution in [3.8, 4) is 0 Å². The molecule has 21 heavy (non-hydrogen) atoms. The van der Waals surface area contributed by atoms with Crippen molar-refractivity contribution in [3.05, 3.63) is 0 Å². The smallest absolute Gasteiger partial charge is 0.237 e. The van der Waals surface area contributed by atoms with Gasteiger partial charge in [-0.05, 0) is 57.0 Å². The molecule has 3 heterocycles. The third-order valence-electron chi connectivity index (χ3n) is 5.09. The van der Waals surface area contributed by atoms with Gasteiger partial charge in [0.2, 0.25) is 5.91 Å². The van der Waals surface area contributed by atoms with E-state index >= 15 is 0 Å². The molecule has 3 aliphatic rings. The second-order valence-electron chi connectivity index (χ2n) is 6.89. The summed E-state index contributed by atoms with van der Waals surface area (Å²) in [6, 6.07) is 0.0559. The lowest BCUT2D eigenvalue weighted by Crippen LogP contribution is -2.46. The molecular weight excluding hydrogens is 266 g/mol. The molecule has 3 saturated heterocycles. The van der Waals surface area contributed by atoms with Crippen LogP contribution in [0.5, 0.6) is 0 Å². The Bertz CT molecular complexity index is 338. The molecular formula is C16H29N3O2. The normalized spacial score (nSPS) is 34.2. The second-order valence-corrected chi connectivity index (χ2v) is 6.89. The van der Waals surface area contributed by atoms with Gasteiger partial charge >= 0.3 is 0 Å². The van der Waals surface area contributed by atoms with Crippen LogP contribution >= 0.6 is 0 Å². The summed E-state index contributed by atoms with van der Waals surface area (Å²) in [6.45, 7) is 7.22. The van der Waals surface area contributed by atoms with Gasteiger partial charge < -0.3 is 20.3 Å². The van der Waals surface area contributed by atoms with Crippen LogP contribution in [-0.4, -0.2) is 62.8 Å². The number of rotatable bonds is 5. The molecule has 5 nitrogen and oxygen atoms in total. The van der Waals surface area contributed by atoms with Gasteiger partial charge in [0.05, 0.1) is 12.6 Å². The minimum absolute atomic E-state index is 0.0559. The fourth-order valence-electron chi connectivity index (χ4n) is 3.85. The van der Waals surface area contributed by atoms with Crippen LogP contribution in [0.1, 0.15) is 32.1 Å². The third kappa shape index (κ3) is 4.41. The topological polar surface area (TPSA) is 53.6 Å². The standard InChI is InChI=1S/C16H29N3O2/c20-16(15-4-1-6-17-15)18-9-13-3-2-7-19(10-13)11-14-5-8-21-12-14/h13-15,17H,1-12H2,(H,18,20). The van der Waals surface area contributed by atoms with Gasteiger partial charge in [0.15, 0.2) is 0 Å². The Morgan fingerprint density at radius 1 is 1.24 bits per heavy atom. The van der Waals surface area contributed by atoms with Crippen molar-refractivity contribution >= 4 is 5.91 Å². The lowest BCUT2D eigenvalue weighted by molar-refractivity contribution is -0.123. The molecule has 0 aliphatic carbocycles. The van der Waals surface area contributed by atoms with Gasteiger partial charge in [-0.2, -0.15) is 0 Å². The maximum absolute atomic E-state index is 12.0. The fourth-order valence-corrected chi connectivity index (χ4v) is 3.85. The number of nitrogens with one attached hydrogen (secondary N) is 2. The first-order chi connectivity index (χ1) is 10.3. The highest BCUT2D eigenvalue weighted by molar-refractivity contribution is 5.81. The molecule has 3 unspecified atom stereocenters. The van der Waals surface area contributed by atoms with E-state index < -0.39 is 0 Å². The quantitative estimate of drug-likeness (QED) is 0.780. The monoisotopic (exact) mass is 295 g/mol. The molecule has 0 spiro atoms. The van der Waals surface area contributed by atoms with E-state index in [1.54, 1.807) is 0 Å². The Morgan fingerprint density at radius 2 is 2.19 bits per heavy atom. The summed E-state index contributed by atoms with van der Waals surface area (Å²) in [7, 11) is 0. The van der Waals surface area contributed by atoms with Gasteiger partial charge in [-0.15, -0.1) is 0 Å². The summed E-state index contributed by atoms with van der Waals surface area (Å²) in [6.07, 6.45) is 5.83. The number of likely N-dealkylation sites (tertiary alicyclic amines) is 1. The highest BCUT2D eigenvalue weighted by Gasteiger charge is 2.26. The zero-order valence-corrected chi connectivity index (χ0v) is 13.0. The summed E-state index contributed by atoms with van der Waals surface area (Å²) in [5.74, 6) is 1.54. The van der Waals surface area contributed by atoms with Gasteiger partial charge in [-0.1, -0.05) is 0 Å². The predicted octanol–water partition coefficient (Wildman–Crippen LogP) is 0.603. The van der Waals surface area contributed by atoms with Crippen LogP contribution < -0.4 is 10.6 Å². The SMILES string of the molecule is O=C(NCC1CCCN(CC2CCOC2)C1)C1CCCN1. The molecule has 3 atom stereocenters. The van der Waals surface area contributed by atoms with Crippen molar-refractivity contribution in [3.63, 3.8) is 0 Å². The van der Waals surface area contributed by atoms with Crippen molar-refractivity contribution in [1.29, 1.82) is 0 Å². The van der Waals surface area contributed by atoms with Crippen LogP contribution in [0, 0.1) is 11.8 Å². The van der Waals surface area contributed by atoms with E-state index in [2.05, 4.69) is 15.5 Å². The fraction of sp³-hybridized carbons (Fsp3) is 0.938. The lowest BCUT2D eigenvalue weighted by atomic mass is 9.96. The lowest BCUT2D eigenvalue weighted by Gasteiger charge is -2.34. The van der Waals surface area contributed by atoms with Gasteiger partial charge in [-0.3, -0.25) is 4.79 Å². The first kappa shape index (κ1) is 15.3. The molecule has 1 amide bonds. The summed E-state index contributed by atoms with van der Waals surface area (Å²) in [4.78, 5) is 14.6. The molecule has 0 saturated carbocycles. The minimum Gasteiger partial charge on any atom is -0.381 e. The van der Waals surface area contributed by atoms with E-state index in [1.807, 2.05) is 0 Å². The zero-order chi connectivity index (χ0) is 14.5. The number of nitrogens with zero attached hydrogens (tertiary/aromatic N) is 1. The van der Waals surface area contributed by atoms with Gasteiger partial charge in [0, 0.05) is 26.2 Å². The molecule has 0 aromatic carbocycles. The summed E-state index contributed by atoms with van der Waals surface area (Å²) >= 11 is 0.